The van der Waals surface area contributed by atoms with Crippen LogP contribution in [0.2, 0.25) is 0 Å². The summed E-state index contributed by atoms with van der Waals surface area (Å²) in [6.07, 6.45) is 0. The molecule has 12 aromatic rings. The van der Waals surface area contributed by atoms with E-state index in [0.717, 1.165) is 17.1 Å². The molecule has 0 unspecified atom stereocenters. The van der Waals surface area contributed by atoms with Crippen LogP contribution in [0.1, 0.15) is 22.3 Å². The molecule has 0 saturated heterocycles. The second-order valence-corrected chi connectivity index (χ2v) is 18.6. The maximum Gasteiger partial charge on any atom is 0.0714 e. The van der Waals surface area contributed by atoms with Crippen molar-refractivity contribution in [1.82, 2.24) is 0 Å². The minimum Gasteiger partial charge on any atom is -0.310 e. The Labute approximate surface area is 395 Å². The van der Waals surface area contributed by atoms with Gasteiger partial charge in [0.2, 0.25) is 0 Å². The van der Waals surface area contributed by atoms with Crippen molar-refractivity contribution in [3.8, 4) is 44.5 Å². The number of hydrogen-bond donors (Lipinski definition) is 0. The van der Waals surface area contributed by atoms with Gasteiger partial charge in [-0.15, -0.1) is 11.3 Å². The Bertz CT molecular complexity index is 3750. The Morgan fingerprint density at radius 1 is 0.313 bits per heavy atom. The fraction of sp³-hybridized carbons (Fsp3) is 0.0154. The molecule has 1 heterocycles. The molecule has 1 aliphatic carbocycles. The molecule has 0 radical (unpaired) electrons. The van der Waals surface area contributed by atoms with Crippen LogP contribution in [0.5, 0.6) is 0 Å². The number of para-hydroxylation sites is 1. The molecule has 0 atom stereocenters. The fourth-order valence-electron chi connectivity index (χ4n) is 11.0. The van der Waals surface area contributed by atoms with Gasteiger partial charge in [0, 0.05) is 37.1 Å². The predicted octanol–water partition coefficient (Wildman–Crippen LogP) is 18.0. The molecule has 0 N–H and O–H groups in total. The van der Waals surface area contributed by atoms with Crippen LogP contribution >= 0.6 is 11.3 Å². The van der Waals surface area contributed by atoms with Gasteiger partial charge in [0.1, 0.15) is 0 Å². The third kappa shape index (κ3) is 6.29. The van der Waals surface area contributed by atoms with E-state index in [-0.39, 0.29) is 0 Å². The predicted molar refractivity (Wildman–Crippen MR) is 285 cm³/mol. The van der Waals surface area contributed by atoms with E-state index < -0.39 is 5.41 Å². The van der Waals surface area contributed by atoms with Gasteiger partial charge in [0.15, 0.2) is 0 Å². The largest absolute Gasteiger partial charge is 0.310 e. The number of anilines is 3. The van der Waals surface area contributed by atoms with Crippen molar-refractivity contribution < 1.29 is 0 Å². The van der Waals surface area contributed by atoms with Crippen molar-refractivity contribution in [3.05, 3.63) is 283 Å². The quantitative estimate of drug-likeness (QED) is 0.147. The Kier molecular flexibility index (Phi) is 9.33. The summed E-state index contributed by atoms with van der Waals surface area (Å²) >= 11 is 1.87. The van der Waals surface area contributed by atoms with Crippen LogP contribution in [0.25, 0.3) is 75.5 Å². The molecule has 0 saturated carbocycles. The molecule has 67 heavy (non-hydrogen) atoms. The minimum atomic E-state index is -0.529. The van der Waals surface area contributed by atoms with Crippen molar-refractivity contribution in [2.24, 2.45) is 0 Å². The molecule has 314 valence electrons. The van der Waals surface area contributed by atoms with Gasteiger partial charge in [-0.05, 0) is 114 Å². The molecule has 13 rings (SSSR count). The molecule has 0 amide bonds. The Hall–Kier alpha value is -8.30. The van der Waals surface area contributed by atoms with E-state index in [1.807, 2.05) is 11.3 Å². The average Bonchev–Trinajstić information content (AvgIpc) is 3.93. The van der Waals surface area contributed by atoms with E-state index in [9.17, 15) is 0 Å². The molecule has 1 nitrogen and oxygen atoms in total. The van der Waals surface area contributed by atoms with Crippen LogP contribution in [0, 0.1) is 0 Å². The molecule has 11 aromatic carbocycles. The van der Waals surface area contributed by atoms with Crippen LogP contribution in [0.15, 0.2) is 261 Å². The van der Waals surface area contributed by atoms with Crippen LogP contribution in [0.3, 0.4) is 0 Å². The Morgan fingerprint density at radius 2 is 0.836 bits per heavy atom. The van der Waals surface area contributed by atoms with Crippen molar-refractivity contribution in [2.75, 3.05) is 4.90 Å². The summed E-state index contributed by atoms with van der Waals surface area (Å²) in [7, 11) is 0. The van der Waals surface area contributed by atoms with Gasteiger partial charge < -0.3 is 4.90 Å². The zero-order chi connectivity index (χ0) is 44.3. The summed E-state index contributed by atoms with van der Waals surface area (Å²) in [5.41, 5.74) is 17.7. The summed E-state index contributed by atoms with van der Waals surface area (Å²) < 4.78 is 2.60. The van der Waals surface area contributed by atoms with E-state index in [1.165, 1.54) is 97.7 Å². The van der Waals surface area contributed by atoms with Crippen LogP contribution in [0.4, 0.5) is 17.1 Å². The number of thiophene rings is 1. The zero-order valence-electron chi connectivity index (χ0n) is 36.7. The van der Waals surface area contributed by atoms with Gasteiger partial charge in [-0.1, -0.05) is 218 Å². The highest BCUT2D eigenvalue weighted by Gasteiger charge is 2.46. The Balaban J connectivity index is 1.00. The van der Waals surface area contributed by atoms with Crippen LogP contribution in [-0.4, -0.2) is 0 Å². The Morgan fingerprint density at radius 3 is 1.61 bits per heavy atom. The summed E-state index contributed by atoms with van der Waals surface area (Å²) in [4.78, 5) is 2.49. The highest BCUT2D eigenvalue weighted by atomic mass is 32.1. The molecule has 0 spiro atoms. The lowest BCUT2D eigenvalue weighted by atomic mass is 9.67. The monoisotopic (exact) mass is 869 g/mol. The van der Waals surface area contributed by atoms with Crippen molar-refractivity contribution in [3.63, 3.8) is 0 Å². The highest BCUT2D eigenvalue weighted by Crippen LogP contribution is 2.57. The highest BCUT2D eigenvalue weighted by molar-refractivity contribution is 7.25. The minimum absolute atomic E-state index is 0.529. The zero-order valence-corrected chi connectivity index (χ0v) is 37.5. The lowest BCUT2D eigenvalue weighted by Gasteiger charge is -2.35. The molecular formula is C65H43NS. The van der Waals surface area contributed by atoms with Crippen LogP contribution in [-0.2, 0) is 5.41 Å². The lowest BCUT2D eigenvalue weighted by Crippen LogP contribution is -2.28. The number of fused-ring (bicyclic) bond motifs is 7. The van der Waals surface area contributed by atoms with Crippen LogP contribution < -0.4 is 4.90 Å². The maximum absolute atomic E-state index is 2.49. The molecule has 0 bridgehead atoms. The maximum atomic E-state index is 2.49. The first-order valence-electron chi connectivity index (χ1n) is 23.1. The van der Waals surface area contributed by atoms with E-state index in [4.69, 9.17) is 0 Å². The van der Waals surface area contributed by atoms with E-state index in [0.29, 0.717) is 0 Å². The molecule has 0 aliphatic heterocycles. The molecule has 1 aromatic heterocycles. The van der Waals surface area contributed by atoms with Crippen molar-refractivity contribution in [2.45, 2.75) is 5.41 Å². The fourth-order valence-corrected chi connectivity index (χ4v) is 12.1. The third-order valence-corrected chi connectivity index (χ3v) is 15.1. The first kappa shape index (κ1) is 39.1. The summed E-state index contributed by atoms with van der Waals surface area (Å²) in [6, 6.07) is 96.4. The second-order valence-electron chi connectivity index (χ2n) is 17.5. The summed E-state index contributed by atoms with van der Waals surface area (Å²) in [6.45, 7) is 0. The van der Waals surface area contributed by atoms with Crippen molar-refractivity contribution >= 4 is 59.3 Å². The number of benzene rings is 11. The lowest BCUT2D eigenvalue weighted by molar-refractivity contribution is 0.768. The van der Waals surface area contributed by atoms with E-state index in [2.05, 4.69) is 266 Å². The number of nitrogens with zero attached hydrogens (tertiary/aromatic N) is 1. The standard InChI is InChI=1S/C65H43NS/c1-3-19-48(20-4-1)65(49-21-5-2-6-22-49)59-29-12-9-24-54(59)55-42-41-51(43-60(55)65)66(61-30-13-10-25-56(61)57-28-16-32-63-64(57)58-26-11-14-31-62(58)67-63)50-39-37-45(38-40-50)44-33-35-47(36-34-44)53-27-15-18-46-17-7-8-23-52(46)53/h1-43H. The van der Waals surface area contributed by atoms with E-state index >= 15 is 0 Å². The summed E-state index contributed by atoms with van der Waals surface area (Å²) in [5.74, 6) is 0. The molecule has 1 aliphatic rings. The summed E-state index contributed by atoms with van der Waals surface area (Å²) in [5, 5.41) is 5.12. The molecular weight excluding hydrogens is 827 g/mol. The van der Waals surface area contributed by atoms with Gasteiger partial charge >= 0.3 is 0 Å². The normalized spacial score (nSPS) is 12.6. The van der Waals surface area contributed by atoms with Gasteiger partial charge in [0.25, 0.3) is 0 Å². The van der Waals surface area contributed by atoms with Crippen molar-refractivity contribution in [1.29, 1.82) is 0 Å². The first-order chi connectivity index (χ1) is 33.2. The third-order valence-electron chi connectivity index (χ3n) is 14.0. The topological polar surface area (TPSA) is 3.24 Å². The SMILES string of the molecule is c1ccc(C2(c3ccccc3)c3ccccc3-c3ccc(N(c4ccc(-c5ccc(-c6cccc7ccccc67)cc5)cc4)c4ccccc4-c4cccc5sc6ccccc6c45)cc32)cc1. The second kappa shape index (κ2) is 16.0. The van der Waals surface area contributed by atoms with Gasteiger partial charge in [0.05, 0.1) is 11.1 Å². The molecule has 2 heteroatoms. The molecule has 0 fully saturated rings. The van der Waals surface area contributed by atoms with E-state index in [1.54, 1.807) is 0 Å². The first-order valence-corrected chi connectivity index (χ1v) is 23.9. The van der Waals surface area contributed by atoms with Gasteiger partial charge in [-0.25, -0.2) is 0 Å². The van der Waals surface area contributed by atoms with Gasteiger partial charge in [-0.3, -0.25) is 0 Å². The number of hydrogen-bond acceptors (Lipinski definition) is 2. The average molecular weight is 870 g/mol. The van der Waals surface area contributed by atoms with Gasteiger partial charge in [-0.2, -0.15) is 0 Å². The number of rotatable bonds is 8. The smallest absolute Gasteiger partial charge is 0.0714 e.